The molecule has 4 N–H and O–H groups in total. The van der Waals surface area contributed by atoms with Crippen molar-refractivity contribution in [1.82, 2.24) is 25.0 Å². The zero-order chi connectivity index (χ0) is 25.6. The molecule has 0 saturated heterocycles. The number of anilines is 1. The van der Waals surface area contributed by atoms with Crippen LogP contribution in [0.3, 0.4) is 0 Å². The van der Waals surface area contributed by atoms with E-state index in [1.54, 1.807) is 11.6 Å². The van der Waals surface area contributed by atoms with E-state index in [4.69, 9.17) is 17.3 Å². The van der Waals surface area contributed by atoms with Gasteiger partial charge >= 0.3 is 5.82 Å². The highest BCUT2D eigenvalue weighted by molar-refractivity contribution is 7.21. The Morgan fingerprint density at radius 3 is 2.66 bits per heavy atom. The van der Waals surface area contributed by atoms with Gasteiger partial charge in [0.25, 0.3) is 18.2 Å². The van der Waals surface area contributed by atoms with Gasteiger partial charge in [-0.1, -0.05) is 16.7 Å². The van der Waals surface area contributed by atoms with Crippen LogP contribution in [0.1, 0.15) is 44.9 Å². The van der Waals surface area contributed by atoms with E-state index in [0.29, 0.717) is 29.1 Å². The summed E-state index contributed by atoms with van der Waals surface area (Å²) >= 11 is 6.62. The van der Waals surface area contributed by atoms with Crippen molar-refractivity contribution in [3.05, 3.63) is 49.4 Å². The molecule has 0 fully saturated rings. The number of carbonyl (C=O) groups excluding carboxylic acids is 2. The normalized spacial score (nSPS) is 11.4. The number of aromatic amines is 1. The van der Waals surface area contributed by atoms with E-state index in [9.17, 15) is 28.5 Å². The van der Waals surface area contributed by atoms with Crippen LogP contribution in [0.25, 0.3) is 21.3 Å². The molecule has 0 aromatic carbocycles. The SMILES string of the molecule is CCn1ncc(-c2cc(C(F)F)nc3sc(C(N)=O)c(NC(=O)c4n[nH]c([N+](=O)[O-])c4Cl)c23)c1C. The number of nitrogens with zero attached hydrogens (tertiary/aromatic N) is 5. The minimum Gasteiger partial charge on any atom is -0.365 e. The number of hydrogen-bond donors (Lipinski definition) is 3. The second kappa shape index (κ2) is 8.99. The van der Waals surface area contributed by atoms with Gasteiger partial charge in [-0.25, -0.2) is 13.8 Å². The third-order valence-corrected chi connectivity index (χ3v) is 6.60. The molecule has 0 unspecified atom stereocenters. The number of amides is 2. The number of primary amides is 1. The Hall–Kier alpha value is -3.98. The maximum atomic E-state index is 13.7. The highest BCUT2D eigenvalue weighted by Crippen LogP contribution is 2.43. The van der Waals surface area contributed by atoms with Crippen LogP contribution >= 0.6 is 22.9 Å². The Morgan fingerprint density at radius 2 is 2.11 bits per heavy atom. The molecule has 0 aliphatic heterocycles. The van der Waals surface area contributed by atoms with Crippen molar-refractivity contribution in [2.75, 3.05) is 5.32 Å². The summed E-state index contributed by atoms with van der Waals surface area (Å²) in [5, 5.41) is 22.9. The van der Waals surface area contributed by atoms with E-state index in [-0.39, 0.29) is 26.3 Å². The minimum atomic E-state index is -2.92. The number of aromatic nitrogens is 5. The summed E-state index contributed by atoms with van der Waals surface area (Å²) in [6, 6.07) is 1.15. The largest absolute Gasteiger partial charge is 0.365 e. The zero-order valence-electron chi connectivity index (χ0n) is 17.9. The Bertz CT molecular complexity index is 1510. The predicted molar refractivity (Wildman–Crippen MR) is 123 cm³/mol. The maximum Gasteiger partial charge on any atom is 0.362 e. The van der Waals surface area contributed by atoms with Gasteiger partial charge < -0.3 is 21.2 Å². The first-order chi connectivity index (χ1) is 16.5. The predicted octanol–water partition coefficient (Wildman–Crippen LogP) is 4.06. The first kappa shape index (κ1) is 24.2. The van der Waals surface area contributed by atoms with Crippen LogP contribution in [-0.2, 0) is 6.54 Å². The van der Waals surface area contributed by atoms with Gasteiger partial charge in [0.2, 0.25) is 0 Å². The van der Waals surface area contributed by atoms with Crippen molar-refractivity contribution in [3.63, 3.8) is 0 Å². The number of aryl methyl sites for hydroxylation is 1. The van der Waals surface area contributed by atoms with E-state index in [0.717, 1.165) is 6.07 Å². The van der Waals surface area contributed by atoms with Gasteiger partial charge in [-0.15, -0.1) is 16.4 Å². The quantitative estimate of drug-likeness (QED) is 0.241. The highest BCUT2D eigenvalue weighted by Gasteiger charge is 2.30. The Balaban J connectivity index is 1.96. The molecule has 16 heteroatoms. The Labute approximate surface area is 203 Å². The van der Waals surface area contributed by atoms with Crippen LogP contribution in [0.2, 0.25) is 5.02 Å². The summed E-state index contributed by atoms with van der Waals surface area (Å²) in [4.78, 5) is 39.1. The number of alkyl halides is 2. The first-order valence-corrected chi connectivity index (χ1v) is 11.0. The molecule has 0 radical (unpaired) electrons. The van der Waals surface area contributed by atoms with Crippen molar-refractivity contribution in [2.45, 2.75) is 26.8 Å². The number of nitro groups is 1. The van der Waals surface area contributed by atoms with Crippen LogP contribution in [0.5, 0.6) is 0 Å². The molecule has 2 amide bonds. The summed E-state index contributed by atoms with van der Waals surface area (Å²) in [6.07, 6.45) is -1.44. The topological polar surface area (TPSA) is 175 Å². The van der Waals surface area contributed by atoms with Gasteiger partial charge in [0.05, 0.1) is 11.9 Å². The lowest BCUT2D eigenvalue weighted by atomic mass is 10.0. The third-order valence-electron chi connectivity index (χ3n) is 5.15. The maximum absolute atomic E-state index is 13.7. The molecule has 4 aromatic heterocycles. The lowest BCUT2D eigenvalue weighted by Crippen LogP contribution is -2.17. The minimum absolute atomic E-state index is 0.0182. The average Bonchev–Trinajstić information content (AvgIpc) is 3.47. The van der Waals surface area contributed by atoms with E-state index in [1.165, 1.54) is 6.20 Å². The molecule has 12 nitrogen and oxygen atoms in total. The standard InChI is InChI=1S/C19H15ClF2N8O4S/c1-3-29-6(2)8(5-24-29)7-4-9(15(21)22)25-19-10(7)12(14(35-19)16(23)31)26-18(32)13-11(20)17(28-27-13)30(33)34/h4-5,15H,3H2,1-2H3,(H2,23,31)(H,26,32)(H,27,28). The number of hydrogen-bond acceptors (Lipinski definition) is 8. The number of nitrogens with two attached hydrogens (primary N) is 1. The van der Waals surface area contributed by atoms with E-state index < -0.39 is 45.4 Å². The fourth-order valence-corrected chi connectivity index (χ4v) is 4.78. The van der Waals surface area contributed by atoms with Crippen molar-refractivity contribution in [3.8, 4) is 11.1 Å². The van der Waals surface area contributed by atoms with E-state index >= 15 is 0 Å². The molecular weight excluding hydrogens is 510 g/mol. The Morgan fingerprint density at radius 1 is 1.40 bits per heavy atom. The smallest absolute Gasteiger partial charge is 0.362 e. The van der Waals surface area contributed by atoms with Crippen molar-refractivity contribution in [2.24, 2.45) is 5.73 Å². The van der Waals surface area contributed by atoms with E-state index in [1.807, 2.05) is 12.0 Å². The van der Waals surface area contributed by atoms with Crippen molar-refractivity contribution < 1.29 is 23.3 Å². The lowest BCUT2D eigenvalue weighted by Gasteiger charge is -2.10. The fourth-order valence-electron chi connectivity index (χ4n) is 3.53. The number of thiophene rings is 1. The molecule has 4 heterocycles. The molecule has 0 bridgehead atoms. The van der Waals surface area contributed by atoms with Gasteiger partial charge in [0.1, 0.15) is 15.4 Å². The number of carbonyl (C=O) groups is 2. The summed E-state index contributed by atoms with van der Waals surface area (Å²) < 4.78 is 28.9. The Kier molecular flexibility index (Phi) is 6.21. The zero-order valence-corrected chi connectivity index (χ0v) is 19.5. The van der Waals surface area contributed by atoms with Crippen LogP contribution in [-0.4, -0.2) is 41.7 Å². The van der Waals surface area contributed by atoms with Crippen LogP contribution in [0, 0.1) is 17.0 Å². The molecule has 0 atom stereocenters. The van der Waals surface area contributed by atoms with E-state index in [2.05, 4.69) is 20.5 Å². The van der Waals surface area contributed by atoms with Gasteiger partial charge in [-0.05, 0) is 30.4 Å². The monoisotopic (exact) mass is 524 g/mol. The fraction of sp³-hybridized carbons (Fsp3) is 0.211. The van der Waals surface area contributed by atoms with Gasteiger partial charge in [0, 0.05) is 23.2 Å². The molecule has 182 valence electrons. The number of fused-ring (bicyclic) bond motifs is 1. The van der Waals surface area contributed by atoms with Crippen LogP contribution in [0.15, 0.2) is 12.3 Å². The summed E-state index contributed by atoms with van der Waals surface area (Å²) in [5.41, 5.74) is 5.68. The first-order valence-electron chi connectivity index (χ1n) is 9.82. The average molecular weight is 525 g/mol. The lowest BCUT2D eigenvalue weighted by molar-refractivity contribution is -0.389. The molecular formula is C19H15ClF2N8O4S. The molecule has 0 aliphatic rings. The number of H-pyrrole nitrogens is 1. The van der Waals surface area contributed by atoms with Crippen LogP contribution in [0.4, 0.5) is 20.3 Å². The number of nitrogens with one attached hydrogen (secondary N) is 2. The number of pyridine rings is 1. The summed E-state index contributed by atoms with van der Waals surface area (Å²) in [7, 11) is 0. The second-order valence-corrected chi connectivity index (χ2v) is 8.53. The summed E-state index contributed by atoms with van der Waals surface area (Å²) in [6.45, 7) is 4.10. The molecule has 35 heavy (non-hydrogen) atoms. The van der Waals surface area contributed by atoms with Crippen molar-refractivity contribution in [1.29, 1.82) is 0 Å². The third kappa shape index (κ3) is 4.08. The van der Waals surface area contributed by atoms with Crippen molar-refractivity contribution >= 4 is 56.5 Å². The molecule has 4 rings (SSSR count). The molecule has 4 aromatic rings. The molecule has 0 saturated carbocycles. The molecule has 0 spiro atoms. The highest BCUT2D eigenvalue weighted by atomic mass is 35.5. The molecule has 0 aliphatic carbocycles. The number of rotatable bonds is 7. The second-order valence-electron chi connectivity index (χ2n) is 7.15. The van der Waals surface area contributed by atoms with Gasteiger partial charge in [-0.3, -0.25) is 14.3 Å². The van der Waals surface area contributed by atoms with Gasteiger partial charge in [0.15, 0.2) is 10.7 Å². The number of halogens is 3. The summed E-state index contributed by atoms with van der Waals surface area (Å²) in [5.74, 6) is -2.65. The van der Waals surface area contributed by atoms with Crippen LogP contribution < -0.4 is 11.1 Å². The van der Waals surface area contributed by atoms with Gasteiger partial charge in [-0.2, -0.15) is 5.10 Å².